The molecule has 250 valence electrons. The average Bonchev–Trinajstić information content (AvgIpc) is 3.62. The Morgan fingerprint density at radius 3 is 1.87 bits per heavy atom. The number of furan rings is 1. The molecule has 9 aromatic rings. The number of amidine groups is 2. The van der Waals surface area contributed by atoms with Crippen LogP contribution in [0.5, 0.6) is 0 Å². The summed E-state index contributed by atoms with van der Waals surface area (Å²) in [6, 6.07) is 65.8. The molecule has 0 bridgehead atoms. The van der Waals surface area contributed by atoms with Crippen molar-refractivity contribution in [2.45, 2.75) is 6.17 Å². The standard InChI is InChI=1S/C49H33N3O/c1-3-10-32(11-4-1)34-18-23-37(24-19-34)48-50-47(36-13-5-2-6-14-36)51-49(52-48)38-25-21-35(22-26-38)42-16-9-17-44-46(42)43-29-28-41(31-45(43)53-44)40-27-20-33-12-7-8-15-39(33)30-40/h1-31,47H,(H,50,51,52). The van der Waals surface area contributed by atoms with Gasteiger partial charge in [0.05, 0.1) is 0 Å². The number of nitrogens with one attached hydrogen (secondary N) is 1. The summed E-state index contributed by atoms with van der Waals surface area (Å²) >= 11 is 0. The molecule has 1 aliphatic rings. The Kier molecular flexibility index (Phi) is 7.51. The fourth-order valence-corrected chi connectivity index (χ4v) is 7.40. The van der Waals surface area contributed by atoms with E-state index in [1.165, 1.54) is 21.9 Å². The predicted octanol–water partition coefficient (Wildman–Crippen LogP) is 12.2. The van der Waals surface area contributed by atoms with E-state index in [1.54, 1.807) is 0 Å². The van der Waals surface area contributed by atoms with Crippen molar-refractivity contribution >= 4 is 44.4 Å². The van der Waals surface area contributed by atoms with Crippen molar-refractivity contribution in [1.29, 1.82) is 0 Å². The number of fused-ring (bicyclic) bond motifs is 4. The molecule has 4 nitrogen and oxygen atoms in total. The lowest BCUT2D eigenvalue weighted by Crippen LogP contribution is -2.33. The van der Waals surface area contributed by atoms with Crippen LogP contribution in [0.1, 0.15) is 22.9 Å². The first-order valence-electron chi connectivity index (χ1n) is 17.9. The van der Waals surface area contributed by atoms with Gasteiger partial charge in [-0.3, -0.25) is 0 Å². The Morgan fingerprint density at radius 1 is 0.434 bits per heavy atom. The van der Waals surface area contributed by atoms with Crippen molar-refractivity contribution < 1.29 is 4.42 Å². The molecule has 1 aliphatic heterocycles. The fourth-order valence-electron chi connectivity index (χ4n) is 7.40. The zero-order valence-corrected chi connectivity index (χ0v) is 28.8. The lowest BCUT2D eigenvalue weighted by Gasteiger charge is -2.24. The van der Waals surface area contributed by atoms with Crippen molar-refractivity contribution in [3.8, 4) is 33.4 Å². The maximum absolute atomic E-state index is 6.48. The van der Waals surface area contributed by atoms with Crippen molar-refractivity contribution in [3.05, 3.63) is 205 Å². The molecule has 10 rings (SSSR count). The van der Waals surface area contributed by atoms with E-state index in [-0.39, 0.29) is 6.17 Å². The number of benzene rings is 8. The van der Waals surface area contributed by atoms with Gasteiger partial charge < -0.3 is 9.73 Å². The van der Waals surface area contributed by atoms with E-state index < -0.39 is 0 Å². The van der Waals surface area contributed by atoms with Gasteiger partial charge >= 0.3 is 0 Å². The molecule has 1 N–H and O–H groups in total. The summed E-state index contributed by atoms with van der Waals surface area (Å²) in [5.74, 6) is 1.49. The fraction of sp³-hybridized carbons (Fsp3) is 0.0204. The van der Waals surface area contributed by atoms with E-state index in [0.29, 0.717) is 5.84 Å². The predicted molar refractivity (Wildman–Crippen MR) is 219 cm³/mol. The van der Waals surface area contributed by atoms with Crippen LogP contribution in [0.4, 0.5) is 0 Å². The first-order valence-corrected chi connectivity index (χ1v) is 17.9. The molecule has 1 unspecified atom stereocenters. The summed E-state index contributed by atoms with van der Waals surface area (Å²) in [4.78, 5) is 10.1. The van der Waals surface area contributed by atoms with Gasteiger partial charge in [0, 0.05) is 21.9 Å². The minimum absolute atomic E-state index is 0.266. The minimum Gasteiger partial charge on any atom is -0.456 e. The molecular formula is C49H33N3O. The maximum atomic E-state index is 6.48. The highest BCUT2D eigenvalue weighted by molar-refractivity contribution is 6.15. The van der Waals surface area contributed by atoms with Gasteiger partial charge in [0.1, 0.15) is 23.2 Å². The molecule has 2 heterocycles. The summed E-state index contributed by atoms with van der Waals surface area (Å²) in [5.41, 5.74) is 11.7. The van der Waals surface area contributed by atoms with E-state index in [0.717, 1.165) is 66.7 Å². The Morgan fingerprint density at radius 2 is 1.06 bits per heavy atom. The normalized spacial score (nSPS) is 14.2. The Bertz CT molecular complexity index is 2830. The van der Waals surface area contributed by atoms with Gasteiger partial charge in [0.25, 0.3) is 0 Å². The summed E-state index contributed by atoms with van der Waals surface area (Å²) in [7, 11) is 0. The average molecular weight is 680 g/mol. The molecule has 0 aliphatic carbocycles. The third kappa shape index (κ3) is 5.77. The molecule has 53 heavy (non-hydrogen) atoms. The van der Waals surface area contributed by atoms with Crippen LogP contribution in [-0.2, 0) is 0 Å². The largest absolute Gasteiger partial charge is 0.456 e. The van der Waals surface area contributed by atoms with Crippen molar-refractivity contribution in [3.63, 3.8) is 0 Å². The van der Waals surface area contributed by atoms with Gasteiger partial charge in [-0.15, -0.1) is 0 Å². The zero-order chi connectivity index (χ0) is 35.1. The Hall–Kier alpha value is -7.04. The second kappa shape index (κ2) is 12.9. The quantitative estimate of drug-likeness (QED) is 0.190. The number of hydrogen-bond donors (Lipinski definition) is 1. The van der Waals surface area contributed by atoms with Crippen molar-refractivity contribution in [2.75, 3.05) is 0 Å². The lowest BCUT2D eigenvalue weighted by atomic mass is 9.96. The van der Waals surface area contributed by atoms with Gasteiger partial charge in [0.15, 0.2) is 5.84 Å². The Labute approximate surface area is 307 Å². The molecule has 1 atom stereocenters. The van der Waals surface area contributed by atoms with Crippen LogP contribution >= 0.6 is 0 Å². The first kappa shape index (κ1) is 30.8. The number of nitrogens with zero attached hydrogens (tertiary/aromatic N) is 2. The van der Waals surface area contributed by atoms with Crippen LogP contribution < -0.4 is 5.32 Å². The lowest BCUT2D eigenvalue weighted by molar-refractivity contribution is 0.669. The summed E-state index contributed by atoms with van der Waals surface area (Å²) < 4.78 is 6.48. The molecular weight excluding hydrogens is 647 g/mol. The number of rotatable bonds is 6. The second-order valence-corrected chi connectivity index (χ2v) is 13.4. The van der Waals surface area contributed by atoms with Gasteiger partial charge in [0.2, 0.25) is 0 Å². The van der Waals surface area contributed by atoms with E-state index in [9.17, 15) is 0 Å². The number of aliphatic imine (C=N–C) groups is 2. The van der Waals surface area contributed by atoms with Crippen LogP contribution in [0.25, 0.3) is 66.1 Å². The number of hydrogen-bond acceptors (Lipinski definition) is 4. The molecule has 0 spiro atoms. The summed E-state index contributed by atoms with van der Waals surface area (Å²) in [5, 5.41) is 8.29. The van der Waals surface area contributed by atoms with Crippen molar-refractivity contribution in [2.24, 2.45) is 9.98 Å². The molecule has 0 fully saturated rings. The maximum Gasteiger partial charge on any atom is 0.159 e. The van der Waals surface area contributed by atoms with E-state index in [1.807, 2.05) is 24.3 Å². The third-order valence-corrected chi connectivity index (χ3v) is 10.2. The van der Waals surface area contributed by atoms with E-state index in [4.69, 9.17) is 14.4 Å². The third-order valence-electron chi connectivity index (χ3n) is 10.2. The monoisotopic (exact) mass is 679 g/mol. The van der Waals surface area contributed by atoms with Crippen molar-refractivity contribution in [1.82, 2.24) is 5.32 Å². The highest BCUT2D eigenvalue weighted by atomic mass is 16.3. The molecule has 0 saturated carbocycles. The van der Waals surface area contributed by atoms with Crippen LogP contribution in [0.2, 0.25) is 0 Å². The van der Waals surface area contributed by atoms with Gasteiger partial charge in [-0.05, 0) is 74.0 Å². The summed E-state index contributed by atoms with van der Waals surface area (Å²) in [6.45, 7) is 0. The first-order chi connectivity index (χ1) is 26.2. The topological polar surface area (TPSA) is 49.9 Å². The molecule has 0 saturated heterocycles. The molecule has 8 aromatic carbocycles. The second-order valence-electron chi connectivity index (χ2n) is 13.4. The molecule has 4 heteroatoms. The smallest absolute Gasteiger partial charge is 0.159 e. The highest BCUT2D eigenvalue weighted by Gasteiger charge is 2.21. The van der Waals surface area contributed by atoms with Crippen LogP contribution in [0.3, 0.4) is 0 Å². The highest BCUT2D eigenvalue weighted by Crippen LogP contribution is 2.39. The van der Waals surface area contributed by atoms with E-state index in [2.05, 4.69) is 169 Å². The van der Waals surface area contributed by atoms with E-state index >= 15 is 0 Å². The summed E-state index contributed by atoms with van der Waals surface area (Å²) in [6.07, 6.45) is -0.266. The zero-order valence-electron chi connectivity index (χ0n) is 28.8. The van der Waals surface area contributed by atoms with Gasteiger partial charge in [-0.2, -0.15) is 0 Å². The van der Waals surface area contributed by atoms with Gasteiger partial charge in [-0.25, -0.2) is 9.98 Å². The SMILES string of the molecule is c1ccc(-c2ccc(C3=NC(c4ccccc4)NC(c4ccc(-c5cccc6oc7cc(-c8ccc9ccccc9c8)ccc7c56)cc4)=N3)cc2)cc1. The minimum atomic E-state index is -0.266. The van der Waals surface area contributed by atoms with Crippen LogP contribution in [-0.4, -0.2) is 11.7 Å². The Balaban J connectivity index is 0.989. The molecule has 0 amide bonds. The molecule has 0 radical (unpaired) electrons. The van der Waals surface area contributed by atoms with Crippen LogP contribution in [0, 0.1) is 0 Å². The van der Waals surface area contributed by atoms with Crippen LogP contribution in [0.15, 0.2) is 202 Å². The molecule has 1 aromatic heterocycles. The van der Waals surface area contributed by atoms with Gasteiger partial charge in [-0.1, -0.05) is 164 Å².